The van der Waals surface area contributed by atoms with Crippen LogP contribution >= 0.6 is 0 Å². The van der Waals surface area contributed by atoms with Crippen LogP contribution in [0, 0.1) is 0 Å². The number of aromatic nitrogens is 1. The Kier molecular flexibility index (Phi) is 3.71. The zero-order chi connectivity index (χ0) is 13.1. The molecule has 3 aromatic rings. The first kappa shape index (κ1) is 12.7. The number of aromatic amines is 1. The number of fused-ring (bicyclic) bond motifs is 3. The maximum absolute atomic E-state index is 3.47. The summed E-state index contributed by atoms with van der Waals surface area (Å²) in [6.07, 6.45) is 0. The molecule has 2 aromatic carbocycles. The van der Waals surface area contributed by atoms with Crippen LogP contribution in [-0.4, -0.2) is 4.98 Å². The van der Waals surface area contributed by atoms with Crippen molar-refractivity contribution >= 4 is 21.8 Å². The number of benzene rings is 2. The largest absolute Gasteiger partial charge is 0.355 e. The molecule has 0 bridgehead atoms. The molecule has 1 heterocycles. The summed E-state index contributed by atoms with van der Waals surface area (Å²) in [5, 5.41) is 2.63. The van der Waals surface area contributed by atoms with Crippen LogP contribution in [0.1, 0.15) is 39.2 Å². The van der Waals surface area contributed by atoms with Crippen LogP contribution in [0.15, 0.2) is 42.5 Å². The van der Waals surface area contributed by atoms with Gasteiger partial charge >= 0.3 is 0 Å². The highest BCUT2D eigenvalue weighted by atomic mass is 14.7. The van der Waals surface area contributed by atoms with Gasteiger partial charge in [0.05, 0.1) is 0 Å². The minimum absolute atomic E-state index is 0.579. The van der Waals surface area contributed by atoms with E-state index in [0.717, 1.165) is 0 Å². The van der Waals surface area contributed by atoms with Gasteiger partial charge in [-0.2, -0.15) is 0 Å². The second-order valence-electron chi connectivity index (χ2n) is 4.63. The molecular weight excluding hydrogens is 218 g/mol. The van der Waals surface area contributed by atoms with Crippen LogP contribution in [-0.2, 0) is 0 Å². The summed E-state index contributed by atoms with van der Waals surface area (Å²) in [5.41, 5.74) is 3.85. The van der Waals surface area contributed by atoms with Gasteiger partial charge in [0, 0.05) is 21.8 Å². The SMILES string of the molecule is CC.CC(C)c1ccc2c(c1)[nH]c1ccccc12. The molecule has 1 nitrogen and oxygen atoms in total. The monoisotopic (exact) mass is 239 g/mol. The first-order valence-corrected chi connectivity index (χ1v) is 6.76. The highest BCUT2D eigenvalue weighted by Gasteiger charge is 2.05. The molecule has 0 aliphatic carbocycles. The van der Waals surface area contributed by atoms with Crippen LogP contribution < -0.4 is 0 Å². The maximum Gasteiger partial charge on any atom is 0.0467 e. The van der Waals surface area contributed by atoms with E-state index in [-0.39, 0.29) is 0 Å². The van der Waals surface area contributed by atoms with Crippen LogP contribution in [0.5, 0.6) is 0 Å². The zero-order valence-electron chi connectivity index (χ0n) is 11.6. The van der Waals surface area contributed by atoms with E-state index in [9.17, 15) is 0 Å². The minimum atomic E-state index is 0.579. The average Bonchev–Trinajstić information content (AvgIpc) is 2.78. The van der Waals surface area contributed by atoms with Crippen LogP contribution in [0.25, 0.3) is 21.8 Å². The molecule has 0 spiro atoms. The summed E-state index contributed by atoms with van der Waals surface area (Å²) in [4.78, 5) is 3.47. The van der Waals surface area contributed by atoms with Crippen molar-refractivity contribution in [2.24, 2.45) is 0 Å². The van der Waals surface area contributed by atoms with Gasteiger partial charge in [0.2, 0.25) is 0 Å². The highest BCUT2D eigenvalue weighted by molar-refractivity contribution is 6.07. The molecular formula is C17H21N. The molecule has 0 aliphatic rings. The molecule has 1 aromatic heterocycles. The molecule has 0 fully saturated rings. The fraction of sp³-hybridized carbons (Fsp3) is 0.294. The summed E-state index contributed by atoms with van der Waals surface area (Å²) >= 11 is 0. The summed E-state index contributed by atoms with van der Waals surface area (Å²) in [6, 6.07) is 15.2. The number of hydrogen-bond donors (Lipinski definition) is 1. The molecule has 0 atom stereocenters. The lowest BCUT2D eigenvalue weighted by atomic mass is 10.0. The molecule has 0 saturated carbocycles. The van der Waals surface area contributed by atoms with E-state index >= 15 is 0 Å². The normalized spacial score (nSPS) is 10.7. The first-order valence-electron chi connectivity index (χ1n) is 6.76. The van der Waals surface area contributed by atoms with E-state index in [1.807, 2.05) is 13.8 Å². The molecule has 1 N–H and O–H groups in total. The molecule has 18 heavy (non-hydrogen) atoms. The van der Waals surface area contributed by atoms with Gasteiger partial charge in [-0.3, -0.25) is 0 Å². The van der Waals surface area contributed by atoms with Gasteiger partial charge in [0.1, 0.15) is 0 Å². The van der Waals surface area contributed by atoms with Gasteiger partial charge in [-0.1, -0.05) is 58.0 Å². The number of nitrogens with one attached hydrogen (secondary N) is 1. The maximum atomic E-state index is 3.47. The second-order valence-corrected chi connectivity index (χ2v) is 4.63. The Labute approximate surface area is 109 Å². The van der Waals surface area contributed by atoms with Crippen LogP contribution in [0.4, 0.5) is 0 Å². The lowest BCUT2D eigenvalue weighted by Gasteiger charge is -2.04. The third-order valence-corrected chi connectivity index (χ3v) is 3.20. The first-order chi connectivity index (χ1) is 8.75. The fourth-order valence-corrected chi connectivity index (χ4v) is 2.23. The highest BCUT2D eigenvalue weighted by Crippen LogP contribution is 2.27. The number of H-pyrrole nitrogens is 1. The van der Waals surface area contributed by atoms with Crippen molar-refractivity contribution < 1.29 is 0 Å². The number of para-hydroxylation sites is 1. The van der Waals surface area contributed by atoms with E-state index in [0.29, 0.717) is 5.92 Å². The fourth-order valence-electron chi connectivity index (χ4n) is 2.23. The molecule has 0 aliphatic heterocycles. The summed E-state index contributed by atoms with van der Waals surface area (Å²) in [7, 11) is 0. The van der Waals surface area contributed by atoms with E-state index in [4.69, 9.17) is 0 Å². The standard InChI is InChI=1S/C15H15N.C2H6/c1-10(2)11-7-8-13-12-5-3-4-6-14(12)16-15(13)9-11;1-2/h3-10,16H,1-2H3;1-2H3. The average molecular weight is 239 g/mol. The van der Waals surface area contributed by atoms with Gasteiger partial charge in [0.15, 0.2) is 0 Å². The summed E-state index contributed by atoms with van der Waals surface area (Å²) in [5.74, 6) is 0.579. The quantitative estimate of drug-likeness (QED) is 0.579. The molecule has 0 radical (unpaired) electrons. The molecule has 0 amide bonds. The van der Waals surface area contributed by atoms with E-state index < -0.39 is 0 Å². The lowest BCUT2D eigenvalue weighted by Crippen LogP contribution is -1.85. The van der Waals surface area contributed by atoms with Gasteiger partial charge in [-0.05, 0) is 23.6 Å². The van der Waals surface area contributed by atoms with Gasteiger partial charge in [-0.15, -0.1) is 0 Å². The predicted molar refractivity (Wildman–Crippen MR) is 81.2 cm³/mol. The Morgan fingerprint density at radius 1 is 0.833 bits per heavy atom. The molecule has 1 heteroatoms. The molecule has 94 valence electrons. The van der Waals surface area contributed by atoms with Crippen molar-refractivity contribution in [3.8, 4) is 0 Å². The molecule has 0 saturated heterocycles. The van der Waals surface area contributed by atoms with Crippen molar-refractivity contribution in [3.05, 3.63) is 48.0 Å². The molecule has 0 unspecified atom stereocenters. The Morgan fingerprint density at radius 2 is 1.50 bits per heavy atom. The van der Waals surface area contributed by atoms with Gasteiger partial charge < -0.3 is 4.98 Å². The van der Waals surface area contributed by atoms with Crippen molar-refractivity contribution in [1.82, 2.24) is 4.98 Å². The third kappa shape index (κ3) is 2.13. The van der Waals surface area contributed by atoms with E-state index in [2.05, 4.69) is 61.3 Å². The van der Waals surface area contributed by atoms with Gasteiger partial charge in [0.25, 0.3) is 0 Å². The summed E-state index contributed by atoms with van der Waals surface area (Å²) < 4.78 is 0. The Bertz CT molecular complexity index is 647. The van der Waals surface area contributed by atoms with E-state index in [1.165, 1.54) is 27.4 Å². The lowest BCUT2D eigenvalue weighted by molar-refractivity contribution is 0.868. The van der Waals surface area contributed by atoms with Crippen molar-refractivity contribution in [2.75, 3.05) is 0 Å². The van der Waals surface area contributed by atoms with Crippen molar-refractivity contribution in [1.29, 1.82) is 0 Å². The smallest absolute Gasteiger partial charge is 0.0467 e. The topological polar surface area (TPSA) is 15.8 Å². The molecule has 3 rings (SSSR count). The Hall–Kier alpha value is -1.76. The second kappa shape index (κ2) is 5.26. The summed E-state index contributed by atoms with van der Waals surface area (Å²) in [6.45, 7) is 8.45. The van der Waals surface area contributed by atoms with Crippen molar-refractivity contribution in [3.63, 3.8) is 0 Å². The number of rotatable bonds is 1. The van der Waals surface area contributed by atoms with Crippen molar-refractivity contribution in [2.45, 2.75) is 33.6 Å². The zero-order valence-corrected chi connectivity index (χ0v) is 11.6. The van der Waals surface area contributed by atoms with Gasteiger partial charge in [-0.25, -0.2) is 0 Å². The van der Waals surface area contributed by atoms with Crippen LogP contribution in [0.3, 0.4) is 0 Å². The Balaban J connectivity index is 0.000000574. The number of hydrogen-bond acceptors (Lipinski definition) is 0. The minimum Gasteiger partial charge on any atom is -0.355 e. The Morgan fingerprint density at radius 3 is 2.22 bits per heavy atom. The third-order valence-electron chi connectivity index (χ3n) is 3.20. The van der Waals surface area contributed by atoms with Crippen LogP contribution in [0.2, 0.25) is 0 Å². The van der Waals surface area contributed by atoms with E-state index in [1.54, 1.807) is 0 Å². The predicted octanol–water partition coefficient (Wildman–Crippen LogP) is 5.47.